The minimum absolute atomic E-state index is 0.127. The zero-order valence-electron chi connectivity index (χ0n) is 12.6. The van der Waals surface area contributed by atoms with Gasteiger partial charge in [0.2, 0.25) is 0 Å². The molecular weight excluding hydrogens is 237 g/mol. The highest BCUT2D eigenvalue weighted by atomic mass is 19.1. The molecule has 1 unspecified atom stereocenters. The van der Waals surface area contributed by atoms with Crippen LogP contribution in [0.1, 0.15) is 69.5 Å². The maximum absolute atomic E-state index is 13.4. The fourth-order valence-electron chi connectivity index (χ4n) is 2.45. The molecule has 1 nitrogen and oxygen atoms in total. The van der Waals surface area contributed by atoms with Gasteiger partial charge in [-0.15, -0.1) is 0 Å². The van der Waals surface area contributed by atoms with Gasteiger partial charge in [0.1, 0.15) is 5.82 Å². The number of halogens is 1. The van der Waals surface area contributed by atoms with Crippen LogP contribution >= 0.6 is 0 Å². The molecule has 0 spiro atoms. The third-order valence-electron chi connectivity index (χ3n) is 3.60. The first-order chi connectivity index (χ1) is 9.19. The number of hydrogen-bond acceptors (Lipinski definition) is 1. The lowest BCUT2D eigenvalue weighted by molar-refractivity contribution is 0.466. The van der Waals surface area contributed by atoms with Crippen molar-refractivity contribution in [2.75, 3.05) is 6.54 Å². The predicted molar refractivity (Wildman–Crippen MR) is 80.9 cm³/mol. The number of benzene rings is 1. The molecule has 0 heterocycles. The van der Waals surface area contributed by atoms with E-state index in [1.54, 1.807) is 12.1 Å². The van der Waals surface area contributed by atoms with Gasteiger partial charge in [0.05, 0.1) is 0 Å². The highest BCUT2D eigenvalue weighted by molar-refractivity contribution is 5.29. The summed E-state index contributed by atoms with van der Waals surface area (Å²) in [4.78, 5) is 0. The van der Waals surface area contributed by atoms with E-state index in [1.165, 1.54) is 31.2 Å². The molecular formula is C17H28FN. The Hall–Kier alpha value is -0.890. The molecule has 19 heavy (non-hydrogen) atoms. The molecule has 1 aromatic rings. The number of unbranched alkanes of at least 4 members (excludes halogenated alkanes) is 3. The fourth-order valence-corrected chi connectivity index (χ4v) is 2.45. The van der Waals surface area contributed by atoms with Gasteiger partial charge in [-0.3, -0.25) is 0 Å². The molecule has 108 valence electrons. The van der Waals surface area contributed by atoms with Crippen LogP contribution in [0, 0.1) is 12.7 Å². The lowest BCUT2D eigenvalue weighted by atomic mass is 9.96. The second-order valence-electron chi connectivity index (χ2n) is 5.36. The van der Waals surface area contributed by atoms with E-state index in [0.29, 0.717) is 6.04 Å². The zero-order valence-corrected chi connectivity index (χ0v) is 12.6. The van der Waals surface area contributed by atoms with Crippen LogP contribution in [0.3, 0.4) is 0 Å². The Bertz CT molecular complexity index is 362. The molecule has 0 aliphatic heterocycles. The lowest BCUT2D eigenvalue weighted by Crippen LogP contribution is -2.23. The quantitative estimate of drug-likeness (QED) is 0.609. The second kappa shape index (κ2) is 9.08. The summed E-state index contributed by atoms with van der Waals surface area (Å²) in [5, 5.41) is 3.56. The molecule has 0 bridgehead atoms. The molecule has 1 aromatic carbocycles. The number of aryl methyl sites for hydroxylation is 1. The second-order valence-corrected chi connectivity index (χ2v) is 5.36. The summed E-state index contributed by atoms with van der Waals surface area (Å²) in [6.07, 6.45) is 7.25. The van der Waals surface area contributed by atoms with Gasteiger partial charge in [-0.1, -0.05) is 45.6 Å². The Morgan fingerprint density at radius 2 is 1.89 bits per heavy atom. The van der Waals surface area contributed by atoms with Gasteiger partial charge in [-0.05, 0) is 49.6 Å². The highest BCUT2D eigenvalue weighted by Gasteiger charge is 2.13. The van der Waals surface area contributed by atoms with Crippen molar-refractivity contribution in [2.24, 2.45) is 0 Å². The smallest absolute Gasteiger partial charge is 0.123 e. The van der Waals surface area contributed by atoms with Crippen molar-refractivity contribution in [2.45, 2.75) is 65.3 Å². The van der Waals surface area contributed by atoms with Gasteiger partial charge < -0.3 is 5.32 Å². The number of nitrogens with one attached hydrogen (secondary N) is 1. The first kappa shape index (κ1) is 16.2. The largest absolute Gasteiger partial charge is 0.310 e. The van der Waals surface area contributed by atoms with E-state index in [4.69, 9.17) is 0 Å². The predicted octanol–water partition coefficient (Wildman–Crippen LogP) is 5.15. The molecule has 0 amide bonds. The van der Waals surface area contributed by atoms with Gasteiger partial charge in [-0.2, -0.15) is 0 Å². The minimum Gasteiger partial charge on any atom is -0.310 e. The van der Waals surface area contributed by atoms with E-state index < -0.39 is 0 Å². The van der Waals surface area contributed by atoms with Crippen LogP contribution in [0.5, 0.6) is 0 Å². The first-order valence-corrected chi connectivity index (χ1v) is 7.68. The Labute approximate surface area is 117 Å². The summed E-state index contributed by atoms with van der Waals surface area (Å²) in [6.45, 7) is 7.46. The molecule has 0 fully saturated rings. The Morgan fingerprint density at radius 1 is 1.11 bits per heavy atom. The van der Waals surface area contributed by atoms with Crippen molar-refractivity contribution in [3.63, 3.8) is 0 Å². The monoisotopic (exact) mass is 265 g/mol. The van der Waals surface area contributed by atoms with Gasteiger partial charge in [0, 0.05) is 6.04 Å². The van der Waals surface area contributed by atoms with Crippen molar-refractivity contribution < 1.29 is 4.39 Å². The Morgan fingerprint density at radius 3 is 2.58 bits per heavy atom. The van der Waals surface area contributed by atoms with Crippen LogP contribution < -0.4 is 5.32 Å². The molecule has 0 aliphatic carbocycles. The molecule has 0 saturated heterocycles. The van der Waals surface area contributed by atoms with E-state index in [-0.39, 0.29) is 5.82 Å². The molecule has 1 rings (SSSR count). The van der Waals surface area contributed by atoms with Gasteiger partial charge in [0.15, 0.2) is 0 Å². The molecule has 0 aromatic heterocycles. The average molecular weight is 265 g/mol. The SMILES string of the molecule is CCCCCCC(NCCC)c1cc(F)ccc1C. The lowest BCUT2D eigenvalue weighted by Gasteiger charge is -2.21. The highest BCUT2D eigenvalue weighted by Crippen LogP contribution is 2.24. The molecule has 0 radical (unpaired) electrons. The van der Waals surface area contributed by atoms with Gasteiger partial charge in [-0.25, -0.2) is 4.39 Å². The third-order valence-corrected chi connectivity index (χ3v) is 3.60. The van der Waals surface area contributed by atoms with Crippen LogP contribution in [0.15, 0.2) is 18.2 Å². The van der Waals surface area contributed by atoms with E-state index in [9.17, 15) is 4.39 Å². The first-order valence-electron chi connectivity index (χ1n) is 7.68. The van der Waals surface area contributed by atoms with E-state index in [1.807, 2.05) is 6.07 Å². The minimum atomic E-state index is -0.127. The molecule has 1 atom stereocenters. The van der Waals surface area contributed by atoms with Crippen LogP contribution in [-0.2, 0) is 0 Å². The van der Waals surface area contributed by atoms with Crippen molar-refractivity contribution in [1.29, 1.82) is 0 Å². The summed E-state index contributed by atoms with van der Waals surface area (Å²) >= 11 is 0. The maximum Gasteiger partial charge on any atom is 0.123 e. The molecule has 0 saturated carbocycles. The summed E-state index contributed by atoms with van der Waals surface area (Å²) in [5.41, 5.74) is 2.32. The number of hydrogen-bond donors (Lipinski definition) is 1. The fraction of sp³-hybridized carbons (Fsp3) is 0.647. The van der Waals surface area contributed by atoms with E-state index in [2.05, 4.69) is 26.1 Å². The summed E-state index contributed by atoms with van der Waals surface area (Å²) < 4.78 is 13.4. The average Bonchev–Trinajstić information content (AvgIpc) is 2.41. The Kier molecular flexibility index (Phi) is 7.73. The standard InChI is InChI=1S/C17H28FN/c1-4-6-7-8-9-17(19-12-5-2)16-13-15(18)11-10-14(16)3/h10-11,13,17,19H,4-9,12H2,1-3H3. The summed E-state index contributed by atoms with van der Waals surface area (Å²) in [6, 6.07) is 5.43. The van der Waals surface area contributed by atoms with E-state index in [0.717, 1.165) is 24.9 Å². The van der Waals surface area contributed by atoms with Gasteiger partial charge in [0.25, 0.3) is 0 Å². The van der Waals surface area contributed by atoms with Crippen LogP contribution in [0.25, 0.3) is 0 Å². The van der Waals surface area contributed by atoms with Gasteiger partial charge >= 0.3 is 0 Å². The Balaban J connectivity index is 2.68. The van der Waals surface area contributed by atoms with Crippen molar-refractivity contribution >= 4 is 0 Å². The topological polar surface area (TPSA) is 12.0 Å². The molecule has 1 N–H and O–H groups in total. The van der Waals surface area contributed by atoms with Crippen LogP contribution in [0.2, 0.25) is 0 Å². The third kappa shape index (κ3) is 5.73. The van der Waals surface area contributed by atoms with E-state index >= 15 is 0 Å². The maximum atomic E-state index is 13.4. The summed E-state index contributed by atoms with van der Waals surface area (Å²) in [5.74, 6) is -0.127. The van der Waals surface area contributed by atoms with Crippen molar-refractivity contribution in [3.05, 3.63) is 35.1 Å². The normalized spacial score (nSPS) is 12.6. The van der Waals surface area contributed by atoms with Crippen molar-refractivity contribution in [1.82, 2.24) is 5.32 Å². The number of rotatable bonds is 9. The summed E-state index contributed by atoms with van der Waals surface area (Å²) in [7, 11) is 0. The van der Waals surface area contributed by atoms with Crippen LogP contribution in [0.4, 0.5) is 4.39 Å². The van der Waals surface area contributed by atoms with Crippen LogP contribution in [-0.4, -0.2) is 6.54 Å². The molecule has 0 aliphatic rings. The molecule has 2 heteroatoms. The zero-order chi connectivity index (χ0) is 14.1. The van der Waals surface area contributed by atoms with Crippen molar-refractivity contribution in [3.8, 4) is 0 Å².